The molecule has 2 bridgehead atoms. The Morgan fingerprint density at radius 3 is 2.49 bits per heavy atom. The van der Waals surface area contributed by atoms with Gasteiger partial charge in [-0.25, -0.2) is 9.18 Å². The first-order valence-electron chi connectivity index (χ1n) is 12.1. The number of cyclic esters (lactones) is 1. The molecule has 3 amide bonds. The van der Waals surface area contributed by atoms with Crippen LogP contribution in [0.25, 0.3) is 0 Å². The number of carbonyl (C=O) groups excluding carboxylic acids is 3. The van der Waals surface area contributed by atoms with E-state index in [0.717, 1.165) is 43.5 Å². The Morgan fingerprint density at radius 1 is 1.08 bits per heavy atom. The molecule has 11 heteroatoms. The van der Waals surface area contributed by atoms with Crippen LogP contribution in [-0.2, 0) is 21.6 Å². The van der Waals surface area contributed by atoms with Crippen molar-refractivity contribution in [3.05, 3.63) is 65.0 Å². The van der Waals surface area contributed by atoms with Crippen molar-refractivity contribution in [2.75, 3.05) is 11.9 Å². The molecule has 2 fully saturated rings. The highest BCUT2D eigenvalue weighted by Crippen LogP contribution is 2.48. The maximum atomic E-state index is 14.5. The number of hydrogen-bond acceptors (Lipinski definition) is 4. The van der Waals surface area contributed by atoms with Gasteiger partial charge in [0.05, 0.1) is 18.7 Å². The summed E-state index contributed by atoms with van der Waals surface area (Å²) >= 11 is 0. The van der Waals surface area contributed by atoms with E-state index in [1.54, 1.807) is 0 Å². The maximum absolute atomic E-state index is 14.5. The molecule has 5 rings (SSSR count). The third-order valence-corrected chi connectivity index (χ3v) is 7.53. The predicted octanol–water partition coefficient (Wildman–Crippen LogP) is 4.42. The van der Waals surface area contributed by atoms with Gasteiger partial charge in [0.25, 0.3) is 11.5 Å². The number of carbonyl (C=O) groups is 3. The summed E-state index contributed by atoms with van der Waals surface area (Å²) in [4.78, 5) is 37.3. The minimum absolute atomic E-state index is 0.0646. The van der Waals surface area contributed by atoms with Crippen molar-refractivity contribution in [3.63, 3.8) is 0 Å². The first kappa shape index (κ1) is 25.0. The van der Waals surface area contributed by atoms with Gasteiger partial charge in [0.1, 0.15) is 5.82 Å². The molecular weight excluding hydrogens is 494 g/mol. The zero-order valence-corrected chi connectivity index (χ0v) is 19.7. The second-order valence-corrected chi connectivity index (χ2v) is 9.93. The second-order valence-electron chi connectivity index (χ2n) is 9.93. The average Bonchev–Trinajstić information content (AvgIpc) is 3.45. The number of amides is 3. The number of alkyl halides is 3. The molecule has 196 valence electrons. The number of anilines is 1. The Balaban J connectivity index is 1.38. The summed E-state index contributed by atoms with van der Waals surface area (Å²) in [6.07, 6.45) is -2.33. The minimum atomic E-state index is -5.11. The molecule has 2 aromatic rings. The third-order valence-electron chi connectivity index (χ3n) is 7.53. The van der Waals surface area contributed by atoms with Crippen LogP contribution >= 0.6 is 0 Å². The van der Waals surface area contributed by atoms with Gasteiger partial charge in [0.15, 0.2) is 0 Å². The molecule has 1 heterocycles. The standard InChI is InChI=1S/C26H25F4N3O4/c27-18-6-4-16(5-7-18)23(35)31-13-25(26(28,29)30)19-10-15(2-8-20(19)33-24(36)37-25)12-22(34)32-21-11-14-1-3-17(21)9-14/h2,4-8,10,14,17,21H,1,3,9,11-13H2,(H,31,35)(H,32,34)(H,33,36). The Labute approximate surface area is 209 Å². The van der Waals surface area contributed by atoms with Gasteiger partial charge in [0, 0.05) is 17.2 Å². The fraction of sp³-hybridized carbons (Fsp3) is 0.423. The summed E-state index contributed by atoms with van der Waals surface area (Å²) in [6, 6.07) is 8.28. The van der Waals surface area contributed by atoms with Gasteiger partial charge in [-0.1, -0.05) is 12.5 Å². The molecule has 2 aromatic carbocycles. The molecule has 2 aliphatic carbocycles. The zero-order chi connectivity index (χ0) is 26.4. The quantitative estimate of drug-likeness (QED) is 0.493. The highest BCUT2D eigenvalue weighted by molar-refractivity contribution is 5.94. The van der Waals surface area contributed by atoms with E-state index in [4.69, 9.17) is 4.74 Å². The number of fused-ring (bicyclic) bond motifs is 3. The van der Waals surface area contributed by atoms with Crippen LogP contribution < -0.4 is 16.0 Å². The van der Waals surface area contributed by atoms with Crippen molar-refractivity contribution in [1.29, 1.82) is 0 Å². The lowest BCUT2D eigenvalue weighted by atomic mass is 9.87. The molecule has 7 nitrogen and oxygen atoms in total. The largest absolute Gasteiger partial charge is 0.434 e. The van der Waals surface area contributed by atoms with E-state index in [0.29, 0.717) is 17.4 Å². The Morgan fingerprint density at radius 2 is 1.84 bits per heavy atom. The first-order chi connectivity index (χ1) is 17.5. The molecule has 0 saturated heterocycles. The molecule has 37 heavy (non-hydrogen) atoms. The van der Waals surface area contributed by atoms with Crippen LogP contribution in [0.2, 0.25) is 0 Å². The van der Waals surface area contributed by atoms with Gasteiger partial charge in [-0.2, -0.15) is 13.2 Å². The van der Waals surface area contributed by atoms with Crippen LogP contribution in [-0.4, -0.2) is 36.7 Å². The molecule has 2 saturated carbocycles. The second kappa shape index (κ2) is 9.35. The molecule has 1 aliphatic heterocycles. The Bertz CT molecular complexity index is 1230. The SMILES string of the molecule is O=C(Cc1ccc2c(c1)C(CNC(=O)c1ccc(F)cc1)(C(F)(F)F)OC(=O)N2)NC1CC2CCC1C2. The van der Waals surface area contributed by atoms with E-state index >= 15 is 0 Å². The summed E-state index contributed by atoms with van der Waals surface area (Å²) in [5.41, 5.74) is -3.52. The van der Waals surface area contributed by atoms with E-state index in [1.807, 2.05) is 0 Å². The number of nitrogens with one attached hydrogen (secondary N) is 3. The summed E-state index contributed by atoms with van der Waals surface area (Å²) in [5.74, 6) is -0.732. The van der Waals surface area contributed by atoms with Crippen molar-refractivity contribution in [2.24, 2.45) is 11.8 Å². The van der Waals surface area contributed by atoms with Crippen LogP contribution in [0, 0.1) is 17.7 Å². The summed E-state index contributed by atoms with van der Waals surface area (Å²) < 4.78 is 61.5. The summed E-state index contributed by atoms with van der Waals surface area (Å²) in [5, 5.41) is 7.42. The number of rotatable bonds is 6. The molecular formula is C26H25F4N3O4. The molecule has 0 aromatic heterocycles. The fourth-order valence-corrected chi connectivity index (χ4v) is 5.71. The van der Waals surface area contributed by atoms with Crippen LogP contribution in [0.3, 0.4) is 0 Å². The Kier molecular flexibility index (Phi) is 6.33. The lowest BCUT2D eigenvalue weighted by Gasteiger charge is -2.39. The average molecular weight is 519 g/mol. The minimum Gasteiger partial charge on any atom is -0.426 e. The Hall–Kier alpha value is -3.63. The first-order valence-corrected chi connectivity index (χ1v) is 12.1. The number of hydrogen-bond donors (Lipinski definition) is 3. The van der Waals surface area contributed by atoms with E-state index < -0.39 is 41.7 Å². The van der Waals surface area contributed by atoms with Gasteiger partial charge in [0.2, 0.25) is 5.91 Å². The predicted molar refractivity (Wildman–Crippen MR) is 124 cm³/mol. The highest BCUT2D eigenvalue weighted by atomic mass is 19.4. The topological polar surface area (TPSA) is 96.5 Å². The lowest BCUT2D eigenvalue weighted by Crippen LogP contribution is -2.56. The van der Waals surface area contributed by atoms with Crippen LogP contribution in [0.4, 0.5) is 28.0 Å². The summed E-state index contributed by atoms with van der Waals surface area (Å²) in [6.45, 7) is -1.12. The van der Waals surface area contributed by atoms with Gasteiger partial charge in [-0.3, -0.25) is 14.9 Å². The van der Waals surface area contributed by atoms with Gasteiger partial charge < -0.3 is 15.4 Å². The lowest BCUT2D eigenvalue weighted by molar-refractivity contribution is -0.261. The maximum Gasteiger partial charge on any atom is 0.434 e. The molecule has 0 spiro atoms. The van der Waals surface area contributed by atoms with E-state index in [-0.39, 0.29) is 29.6 Å². The van der Waals surface area contributed by atoms with Crippen LogP contribution in [0.15, 0.2) is 42.5 Å². The highest BCUT2D eigenvalue weighted by Gasteiger charge is 2.62. The van der Waals surface area contributed by atoms with Gasteiger partial charge >= 0.3 is 12.3 Å². The molecule has 4 unspecified atom stereocenters. The molecule has 3 aliphatic rings. The third kappa shape index (κ3) is 4.86. The van der Waals surface area contributed by atoms with Crippen LogP contribution in [0.1, 0.15) is 47.2 Å². The van der Waals surface area contributed by atoms with Crippen molar-refractivity contribution in [1.82, 2.24) is 10.6 Å². The van der Waals surface area contributed by atoms with Gasteiger partial charge in [-0.05, 0) is 73.1 Å². The molecule has 4 atom stereocenters. The van der Waals surface area contributed by atoms with Crippen LogP contribution in [0.5, 0.6) is 0 Å². The smallest absolute Gasteiger partial charge is 0.426 e. The number of ether oxygens (including phenoxy) is 1. The van der Waals surface area contributed by atoms with Crippen molar-refractivity contribution >= 4 is 23.6 Å². The number of benzene rings is 2. The fourth-order valence-electron chi connectivity index (χ4n) is 5.71. The molecule has 3 N–H and O–H groups in total. The van der Waals surface area contributed by atoms with E-state index in [2.05, 4.69) is 16.0 Å². The van der Waals surface area contributed by atoms with E-state index in [1.165, 1.54) is 24.6 Å². The zero-order valence-electron chi connectivity index (χ0n) is 19.7. The van der Waals surface area contributed by atoms with Crippen molar-refractivity contribution in [2.45, 2.75) is 49.9 Å². The van der Waals surface area contributed by atoms with E-state index in [9.17, 15) is 31.9 Å². The summed E-state index contributed by atoms with van der Waals surface area (Å²) in [7, 11) is 0. The number of halogens is 4. The molecule has 0 radical (unpaired) electrons. The van der Waals surface area contributed by atoms with Crippen molar-refractivity contribution in [3.8, 4) is 0 Å². The monoisotopic (exact) mass is 519 g/mol. The van der Waals surface area contributed by atoms with Gasteiger partial charge in [-0.15, -0.1) is 0 Å². The van der Waals surface area contributed by atoms with Crippen molar-refractivity contribution < 1.29 is 36.7 Å². The normalized spacial score (nSPS) is 26.2.